The molecule has 1 aromatic heterocycles. The van der Waals surface area contributed by atoms with Gasteiger partial charge < -0.3 is 19.6 Å². The Bertz CT molecular complexity index is 1340. The quantitative estimate of drug-likeness (QED) is 0.505. The molecule has 10 nitrogen and oxygen atoms in total. The van der Waals surface area contributed by atoms with Gasteiger partial charge in [0.2, 0.25) is 5.91 Å². The number of rotatable bonds is 7. The molecule has 1 fully saturated rings. The van der Waals surface area contributed by atoms with Crippen molar-refractivity contribution in [1.82, 2.24) is 4.98 Å². The van der Waals surface area contributed by atoms with Gasteiger partial charge in [0, 0.05) is 24.2 Å². The highest BCUT2D eigenvalue weighted by molar-refractivity contribution is 7.92. The van der Waals surface area contributed by atoms with Gasteiger partial charge >= 0.3 is 5.97 Å². The van der Waals surface area contributed by atoms with Crippen LogP contribution in [0.2, 0.25) is 0 Å². The first-order chi connectivity index (χ1) is 16.2. The van der Waals surface area contributed by atoms with E-state index < -0.39 is 16.0 Å². The van der Waals surface area contributed by atoms with Crippen molar-refractivity contribution in [1.29, 1.82) is 0 Å². The lowest BCUT2D eigenvalue weighted by atomic mass is 10.2. The zero-order valence-electron chi connectivity index (χ0n) is 18.4. The predicted molar refractivity (Wildman–Crippen MR) is 129 cm³/mol. The Morgan fingerprint density at radius 2 is 1.91 bits per heavy atom. The summed E-state index contributed by atoms with van der Waals surface area (Å²) >= 11 is 1.13. The van der Waals surface area contributed by atoms with Gasteiger partial charge in [0.25, 0.3) is 10.0 Å². The molecule has 2 heterocycles. The Morgan fingerprint density at radius 1 is 1.18 bits per heavy atom. The molecule has 2 aromatic carbocycles. The lowest BCUT2D eigenvalue weighted by molar-refractivity contribution is -0.117. The Balaban J connectivity index is 1.48. The van der Waals surface area contributed by atoms with Gasteiger partial charge in [0.15, 0.2) is 10.2 Å². The second kappa shape index (κ2) is 9.31. The highest BCUT2D eigenvalue weighted by Gasteiger charge is 2.28. The van der Waals surface area contributed by atoms with Gasteiger partial charge in [-0.1, -0.05) is 17.7 Å². The highest BCUT2D eigenvalue weighted by Crippen LogP contribution is 2.30. The van der Waals surface area contributed by atoms with E-state index in [4.69, 9.17) is 9.84 Å². The number of benzene rings is 2. The summed E-state index contributed by atoms with van der Waals surface area (Å²) in [6, 6.07) is 11.5. The van der Waals surface area contributed by atoms with Crippen LogP contribution in [0.5, 0.6) is 5.75 Å². The number of carboxylic acids is 1. The summed E-state index contributed by atoms with van der Waals surface area (Å²) in [7, 11) is -2.76. The van der Waals surface area contributed by atoms with Crippen LogP contribution in [0.25, 0.3) is 0 Å². The summed E-state index contributed by atoms with van der Waals surface area (Å²) in [5, 5.41) is 10.7. The molecular formula is C22H22N4O6S2. The molecular weight excluding hydrogens is 480 g/mol. The molecule has 0 bridgehead atoms. The summed E-state index contributed by atoms with van der Waals surface area (Å²) in [5.74, 6) is -1.19. The fraction of sp³-hybridized carbons (Fsp3) is 0.227. The van der Waals surface area contributed by atoms with Gasteiger partial charge in [-0.05, 0) is 37.3 Å². The number of aryl methyl sites for hydroxylation is 1. The lowest BCUT2D eigenvalue weighted by Gasteiger charge is -2.34. The Labute approximate surface area is 200 Å². The SMILES string of the molecule is COc1cc(C(=O)O)ccc1NS(=O)(=O)c1csc(N2CCN(c3ccc(C)cc3)C(=O)C2)n1. The average Bonchev–Trinajstić information content (AvgIpc) is 3.31. The number of nitrogens with zero attached hydrogens (tertiary/aromatic N) is 3. The molecule has 4 rings (SSSR count). The number of anilines is 3. The number of ether oxygens (including phenoxy) is 1. The van der Waals surface area contributed by atoms with Crippen LogP contribution in [0.1, 0.15) is 15.9 Å². The maximum Gasteiger partial charge on any atom is 0.335 e. The van der Waals surface area contributed by atoms with E-state index in [1.165, 1.54) is 30.7 Å². The number of carbonyl (C=O) groups excluding carboxylic acids is 1. The standard InChI is InChI=1S/C22H22N4O6S2/c1-14-3-6-16(7-4-14)26-10-9-25(12-20(26)27)22-23-19(13-33-22)34(30,31)24-17-8-5-15(21(28)29)11-18(17)32-2/h3-8,11,13,24H,9-10,12H2,1-2H3,(H,28,29). The molecule has 12 heteroatoms. The number of hydrogen-bond acceptors (Lipinski definition) is 8. The molecule has 34 heavy (non-hydrogen) atoms. The number of nitrogens with one attached hydrogen (secondary N) is 1. The smallest absolute Gasteiger partial charge is 0.335 e. The van der Waals surface area contributed by atoms with Crippen LogP contribution >= 0.6 is 11.3 Å². The monoisotopic (exact) mass is 502 g/mol. The summed E-state index contributed by atoms with van der Waals surface area (Å²) < 4.78 is 33.3. The zero-order chi connectivity index (χ0) is 24.5. The topological polar surface area (TPSA) is 129 Å². The van der Waals surface area contributed by atoms with Gasteiger partial charge in [-0.2, -0.15) is 8.42 Å². The van der Waals surface area contributed by atoms with Crippen LogP contribution < -0.4 is 19.3 Å². The molecule has 3 aromatic rings. The number of thiazole rings is 1. The minimum atomic E-state index is -4.07. The zero-order valence-corrected chi connectivity index (χ0v) is 20.0. The first-order valence-corrected chi connectivity index (χ1v) is 12.6. The van der Waals surface area contributed by atoms with Crippen molar-refractivity contribution in [2.45, 2.75) is 11.9 Å². The van der Waals surface area contributed by atoms with Crippen LogP contribution in [-0.4, -0.2) is 57.1 Å². The first kappa shape index (κ1) is 23.5. The maximum atomic E-state index is 12.9. The molecule has 0 saturated carbocycles. The Kier molecular flexibility index (Phi) is 6.44. The van der Waals surface area contributed by atoms with E-state index in [0.717, 1.165) is 22.6 Å². The third-order valence-electron chi connectivity index (χ3n) is 5.28. The summed E-state index contributed by atoms with van der Waals surface area (Å²) in [6.45, 7) is 3.02. The van der Waals surface area contributed by atoms with Crippen molar-refractivity contribution in [2.75, 3.05) is 41.3 Å². The Hall–Kier alpha value is -3.64. The summed E-state index contributed by atoms with van der Waals surface area (Å²) in [5.41, 5.74) is 1.98. The number of carboxylic acid groups (broad SMARTS) is 1. The van der Waals surface area contributed by atoms with Gasteiger partial charge in [-0.25, -0.2) is 9.78 Å². The number of methoxy groups -OCH3 is 1. The average molecular weight is 503 g/mol. The van der Waals surface area contributed by atoms with Gasteiger partial charge in [0.1, 0.15) is 5.75 Å². The van der Waals surface area contributed by atoms with E-state index >= 15 is 0 Å². The summed E-state index contributed by atoms with van der Waals surface area (Å²) in [6.07, 6.45) is 0. The van der Waals surface area contributed by atoms with Crippen molar-refractivity contribution >= 4 is 49.7 Å². The van der Waals surface area contributed by atoms with Gasteiger partial charge in [-0.3, -0.25) is 9.52 Å². The van der Waals surface area contributed by atoms with E-state index in [9.17, 15) is 18.0 Å². The van der Waals surface area contributed by atoms with Crippen LogP contribution in [0.3, 0.4) is 0 Å². The third-order valence-corrected chi connectivity index (χ3v) is 7.58. The van der Waals surface area contributed by atoms with Crippen LogP contribution in [0.15, 0.2) is 52.9 Å². The van der Waals surface area contributed by atoms with Gasteiger partial charge in [0.05, 0.1) is 24.9 Å². The molecule has 0 atom stereocenters. The number of amides is 1. The number of aromatic carboxylic acids is 1. The molecule has 1 amide bonds. The van der Waals surface area contributed by atoms with Crippen molar-refractivity contribution < 1.29 is 27.9 Å². The molecule has 0 aliphatic carbocycles. The molecule has 0 radical (unpaired) electrons. The normalized spacial score (nSPS) is 14.2. The van der Waals surface area contributed by atoms with E-state index in [2.05, 4.69) is 9.71 Å². The van der Waals surface area contributed by atoms with E-state index in [0.29, 0.717) is 18.2 Å². The van der Waals surface area contributed by atoms with Crippen molar-refractivity contribution in [3.8, 4) is 5.75 Å². The van der Waals surface area contributed by atoms with Crippen molar-refractivity contribution in [3.63, 3.8) is 0 Å². The fourth-order valence-corrected chi connectivity index (χ4v) is 5.65. The van der Waals surface area contributed by atoms with Crippen molar-refractivity contribution in [3.05, 3.63) is 59.0 Å². The van der Waals surface area contributed by atoms with E-state index in [1.54, 1.807) is 9.80 Å². The molecule has 0 spiro atoms. The number of carbonyl (C=O) groups is 2. The number of sulfonamides is 1. The lowest BCUT2D eigenvalue weighted by Crippen LogP contribution is -2.50. The largest absolute Gasteiger partial charge is 0.495 e. The van der Waals surface area contributed by atoms with Crippen LogP contribution in [-0.2, 0) is 14.8 Å². The number of piperazine rings is 1. The molecule has 178 valence electrons. The van der Waals surface area contributed by atoms with E-state index in [1.807, 2.05) is 31.2 Å². The minimum absolute atomic E-state index is 0.0369. The fourth-order valence-electron chi connectivity index (χ4n) is 3.46. The number of hydrogen-bond donors (Lipinski definition) is 2. The first-order valence-electron chi connectivity index (χ1n) is 10.2. The Morgan fingerprint density at radius 3 is 2.56 bits per heavy atom. The predicted octanol–water partition coefficient (Wildman–Crippen LogP) is 2.81. The molecule has 0 unspecified atom stereocenters. The minimum Gasteiger partial charge on any atom is -0.495 e. The van der Waals surface area contributed by atoms with Crippen LogP contribution in [0.4, 0.5) is 16.5 Å². The van der Waals surface area contributed by atoms with E-state index in [-0.39, 0.29) is 34.5 Å². The molecule has 1 aliphatic heterocycles. The van der Waals surface area contributed by atoms with Gasteiger partial charge in [-0.15, -0.1) is 11.3 Å². The van der Waals surface area contributed by atoms with Crippen molar-refractivity contribution in [2.24, 2.45) is 0 Å². The molecule has 2 N–H and O–H groups in total. The third kappa shape index (κ3) is 4.82. The second-order valence-corrected chi connectivity index (χ2v) is 10.1. The maximum absolute atomic E-state index is 12.9. The summed E-state index contributed by atoms with van der Waals surface area (Å²) in [4.78, 5) is 31.6. The molecule has 1 aliphatic rings. The molecule has 1 saturated heterocycles. The van der Waals surface area contributed by atoms with Crippen LogP contribution in [0, 0.1) is 6.92 Å². The second-order valence-electron chi connectivity index (χ2n) is 7.60. The highest BCUT2D eigenvalue weighted by atomic mass is 32.2. The number of aromatic nitrogens is 1.